The summed E-state index contributed by atoms with van der Waals surface area (Å²) in [6, 6.07) is 3.13. The van der Waals surface area contributed by atoms with Crippen molar-refractivity contribution in [3.05, 3.63) is 28.8 Å². The number of aromatic hydroxyl groups is 1. The third kappa shape index (κ3) is 10.9. The highest BCUT2D eigenvalue weighted by atomic mass is 16.3. The summed E-state index contributed by atoms with van der Waals surface area (Å²) in [7, 11) is 0. The molecule has 3 heteroatoms. The van der Waals surface area contributed by atoms with Gasteiger partial charge in [0.25, 0.3) is 0 Å². The van der Waals surface area contributed by atoms with Crippen molar-refractivity contribution in [1.29, 1.82) is 0 Å². The Morgan fingerprint density at radius 1 is 1.04 bits per heavy atom. The Balaban J connectivity index is 0. The quantitative estimate of drug-likeness (QED) is 0.412. The first kappa shape index (κ1) is 24.5. The van der Waals surface area contributed by atoms with Crippen LogP contribution in [0.1, 0.15) is 94.6 Å². The molecule has 0 heterocycles. The van der Waals surface area contributed by atoms with E-state index < -0.39 is 0 Å². The highest BCUT2D eigenvalue weighted by molar-refractivity contribution is 5.81. The number of aliphatic hydroxyl groups excluding tert-OH is 1. The van der Waals surface area contributed by atoms with Crippen molar-refractivity contribution < 1.29 is 15.0 Å². The zero-order valence-corrected chi connectivity index (χ0v) is 16.0. The zero-order chi connectivity index (χ0) is 18.8. The lowest BCUT2D eigenvalue weighted by Crippen LogP contribution is -1.92. The average molecular weight is 335 g/mol. The average Bonchev–Trinajstić information content (AvgIpc) is 2.62. The van der Waals surface area contributed by atoms with Crippen LogP contribution in [-0.4, -0.2) is 16.5 Å². The molecule has 0 unspecified atom stereocenters. The fourth-order valence-electron chi connectivity index (χ4n) is 1.78. The standard InChI is InChI=1S/C14H16O3.C5H12.C2H6/c1-2-3-4-5-6-11-7-12(9-15)14(17)13(8-11)10-16;1-3-5-4-2;1-2/h7-9,16-17H,2-4,10H2,1H3;3-5H2,1-2H3;1-2H3. The molecule has 0 spiro atoms. The van der Waals surface area contributed by atoms with Crippen molar-refractivity contribution in [2.75, 3.05) is 0 Å². The molecule has 0 fully saturated rings. The lowest BCUT2D eigenvalue weighted by Gasteiger charge is -2.04. The Kier molecular flexibility index (Phi) is 17.9. The maximum absolute atomic E-state index is 10.7. The van der Waals surface area contributed by atoms with Gasteiger partial charge >= 0.3 is 0 Å². The minimum atomic E-state index is -0.308. The first-order valence-electron chi connectivity index (χ1n) is 9.05. The van der Waals surface area contributed by atoms with Crippen LogP contribution in [0.2, 0.25) is 0 Å². The fraction of sp³-hybridized carbons (Fsp3) is 0.571. The van der Waals surface area contributed by atoms with Crippen LogP contribution in [0.4, 0.5) is 0 Å². The van der Waals surface area contributed by atoms with Gasteiger partial charge in [-0.2, -0.15) is 0 Å². The van der Waals surface area contributed by atoms with E-state index in [0.717, 1.165) is 19.3 Å². The first-order valence-corrected chi connectivity index (χ1v) is 9.05. The summed E-state index contributed by atoms with van der Waals surface area (Å²) >= 11 is 0. The monoisotopic (exact) mass is 334 g/mol. The van der Waals surface area contributed by atoms with E-state index in [-0.39, 0.29) is 17.9 Å². The molecule has 0 amide bonds. The molecular weight excluding hydrogens is 300 g/mol. The molecule has 0 aliphatic heterocycles. The van der Waals surface area contributed by atoms with Gasteiger partial charge in [-0.1, -0.05) is 72.1 Å². The second-order valence-corrected chi connectivity index (χ2v) is 5.11. The topological polar surface area (TPSA) is 57.5 Å². The highest BCUT2D eigenvalue weighted by Crippen LogP contribution is 2.23. The number of hydrogen-bond donors (Lipinski definition) is 2. The second kappa shape index (κ2) is 17.6. The molecule has 0 saturated heterocycles. The van der Waals surface area contributed by atoms with Crippen molar-refractivity contribution in [2.24, 2.45) is 0 Å². The van der Waals surface area contributed by atoms with Gasteiger partial charge in [0, 0.05) is 17.5 Å². The Morgan fingerprint density at radius 3 is 2.04 bits per heavy atom. The highest BCUT2D eigenvalue weighted by Gasteiger charge is 2.07. The van der Waals surface area contributed by atoms with Gasteiger partial charge in [0.1, 0.15) is 5.75 Å². The summed E-state index contributed by atoms with van der Waals surface area (Å²) in [5.41, 5.74) is 1.13. The van der Waals surface area contributed by atoms with Gasteiger partial charge in [0.15, 0.2) is 6.29 Å². The predicted molar refractivity (Wildman–Crippen MR) is 102 cm³/mol. The minimum absolute atomic E-state index is 0.163. The van der Waals surface area contributed by atoms with E-state index in [9.17, 15) is 9.90 Å². The molecule has 24 heavy (non-hydrogen) atoms. The number of rotatable bonds is 6. The molecule has 2 N–H and O–H groups in total. The molecule has 1 rings (SSSR count). The Labute approximate surface area is 148 Å². The third-order valence-corrected chi connectivity index (χ3v) is 3.11. The van der Waals surface area contributed by atoms with Crippen LogP contribution in [-0.2, 0) is 6.61 Å². The number of hydrogen-bond acceptors (Lipinski definition) is 3. The van der Waals surface area contributed by atoms with E-state index >= 15 is 0 Å². The first-order chi connectivity index (χ1) is 11.6. The summed E-state index contributed by atoms with van der Waals surface area (Å²) in [6.45, 7) is 10.2. The minimum Gasteiger partial charge on any atom is -0.507 e. The molecule has 0 aliphatic rings. The molecule has 0 bridgehead atoms. The second-order valence-electron chi connectivity index (χ2n) is 5.11. The van der Waals surface area contributed by atoms with E-state index in [1.54, 1.807) is 6.07 Å². The van der Waals surface area contributed by atoms with Gasteiger partial charge in [0.05, 0.1) is 12.2 Å². The predicted octanol–water partition coefficient (Wildman–Crippen LogP) is 5.46. The molecule has 0 saturated carbocycles. The lowest BCUT2D eigenvalue weighted by molar-refractivity contribution is 0.112. The number of carbonyl (C=O) groups excluding carboxylic acids is 1. The molecule has 0 radical (unpaired) electrons. The molecule has 0 aliphatic carbocycles. The van der Waals surface area contributed by atoms with Crippen molar-refractivity contribution in [3.8, 4) is 17.6 Å². The lowest BCUT2D eigenvalue weighted by atomic mass is 10.0. The van der Waals surface area contributed by atoms with Crippen molar-refractivity contribution in [1.82, 2.24) is 0 Å². The largest absolute Gasteiger partial charge is 0.507 e. The number of benzene rings is 1. The number of carbonyl (C=O) groups is 1. The van der Waals surface area contributed by atoms with Gasteiger partial charge in [-0.25, -0.2) is 0 Å². The van der Waals surface area contributed by atoms with E-state index in [4.69, 9.17) is 5.11 Å². The number of unbranched alkanes of at least 4 members (excludes halogenated alkanes) is 4. The number of aldehydes is 1. The Morgan fingerprint density at radius 2 is 1.62 bits per heavy atom. The van der Waals surface area contributed by atoms with Crippen LogP contribution in [0, 0.1) is 11.8 Å². The van der Waals surface area contributed by atoms with Crippen LogP contribution in [0.3, 0.4) is 0 Å². The van der Waals surface area contributed by atoms with E-state index in [1.807, 2.05) is 13.8 Å². The molecule has 136 valence electrons. The van der Waals surface area contributed by atoms with Crippen molar-refractivity contribution in [3.63, 3.8) is 0 Å². The molecule has 1 aromatic carbocycles. The normalized spacial score (nSPS) is 8.75. The van der Waals surface area contributed by atoms with Crippen LogP contribution in [0.15, 0.2) is 12.1 Å². The Bertz CT molecular complexity index is 494. The summed E-state index contributed by atoms with van der Waals surface area (Å²) < 4.78 is 0. The van der Waals surface area contributed by atoms with E-state index in [1.165, 1.54) is 25.3 Å². The summed E-state index contributed by atoms with van der Waals surface area (Å²) in [6.07, 6.45) is 7.57. The van der Waals surface area contributed by atoms with Crippen LogP contribution >= 0.6 is 0 Å². The smallest absolute Gasteiger partial charge is 0.153 e. The SMILES string of the molecule is CC.CCCCC.CCCCC#Cc1cc(C=O)c(O)c(CO)c1. The van der Waals surface area contributed by atoms with Crippen LogP contribution < -0.4 is 0 Å². The van der Waals surface area contributed by atoms with Gasteiger partial charge in [-0.3, -0.25) is 4.79 Å². The maximum Gasteiger partial charge on any atom is 0.153 e. The molecule has 0 aromatic heterocycles. The summed E-state index contributed by atoms with van der Waals surface area (Å²) in [5.74, 6) is 5.76. The van der Waals surface area contributed by atoms with E-state index in [0.29, 0.717) is 17.4 Å². The Hall–Kier alpha value is -1.79. The fourth-order valence-corrected chi connectivity index (χ4v) is 1.78. The molecule has 0 atom stereocenters. The molecule has 1 aromatic rings. The molecular formula is C21H34O3. The van der Waals surface area contributed by atoms with Gasteiger partial charge in [0.2, 0.25) is 0 Å². The summed E-state index contributed by atoms with van der Waals surface area (Å²) in [4.78, 5) is 10.7. The molecule has 3 nitrogen and oxygen atoms in total. The van der Waals surface area contributed by atoms with Crippen molar-refractivity contribution >= 4 is 6.29 Å². The van der Waals surface area contributed by atoms with Gasteiger partial charge in [-0.15, -0.1) is 0 Å². The number of phenols is 1. The summed E-state index contributed by atoms with van der Waals surface area (Å²) in [5, 5.41) is 18.6. The number of aliphatic hydroxyl groups is 1. The maximum atomic E-state index is 10.7. The van der Waals surface area contributed by atoms with Crippen LogP contribution in [0.5, 0.6) is 5.75 Å². The van der Waals surface area contributed by atoms with E-state index in [2.05, 4.69) is 32.6 Å². The third-order valence-electron chi connectivity index (χ3n) is 3.11. The van der Waals surface area contributed by atoms with Crippen LogP contribution in [0.25, 0.3) is 0 Å². The van der Waals surface area contributed by atoms with Gasteiger partial charge in [-0.05, 0) is 18.6 Å². The zero-order valence-electron chi connectivity index (χ0n) is 16.0. The van der Waals surface area contributed by atoms with Crippen molar-refractivity contribution in [2.45, 2.75) is 79.8 Å². The van der Waals surface area contributed by atoms with Gasteiger partial charge < -0.3 is 10.2 Å².